The predicted molar refractivity (Wildman–Crippen MR) is 109 cm³/mol. The Morgan fingerprint density at radius 1 is 1.03 bits per heavy atom. The number of carbonyl (C=O) groups excluding carboxylic acids is 2. The lowest BCUT2D eigenvalue weighted by atomic mass is 10.1. The van der Waals surface area contributed by atoms with E-state index in [-0.39, 0.29) is 24.0 Å². The maximum Gasteiger partial charge on any atom is 0.286 e. The zero-order chi connectivity index (χ0) is 20.2. The molecule has 7 heteroatoms. The smallest absolute Gasteiger partial charge is 0.286 e. The molecule has 0 radical (unpaired) electrons. The average Bonchev–Trinajstić information content (AvgIpc) is 3.38. The van der Waals surface area contributed by atoms with Crippen LogP contribution in [-0.2, 0) is 4.79 Å². The molecule has 0 saturated heterocycles. The third-order valence-electron chi connectivity index (χ3n) is 4.58. The van der Waals surface area contributed by atoms with Gasteiger partial charge in [-0.05, 0) is 30.7 Å². The molecule has 0 fully saturated rings. The van der Waals surface area contributed by atoms with Crippen LogP contribution in [-0.4, -0.2) is 25.5 Å². The molecule has 0 bridgehead atoms. The molecule has 4 rings (SSSR count). The first-order valence-corrected chi connectivity index (χ1v) is 9.26. The molecule has 7 nitrogen and oxygen atoms in total. The number of para-hydroxylation sites is 1. The van der Waals surface area contributed by atoms with Gasteiger partial charge in [-0.3, -0.25) is 9.59 Å². The van der Waals surface area contributed by atoms with Gasteiger partial charge in [-0.25, -0.2) is 0 Å². The molecular weight excluding hydrogens is 372 g/mol. The van der Waals surface area contributed by atoms with Gasteiger partial charge >= 0.3 is 0 Å². The van der Waals surface area contributed by atoms with Crippen molar-refractivity contribution in [1.29, 1.82) is 0 Å². The first kappa shape index (κ1) is 18.6. The molecule has 2 amide bonds. The van der Waals surface area contributed by atoms with Gasteiger partial charge < -0.3 is 24.2 Å². The summed E-state index contributed by atoms with van der Waals surface area (Å²) in [7, 11) is 1.56. The molecule has 2 N–H and O–H groups in total. The van der Waals surface area contributed by atoms with Gasteiger partial charge in [0.2, 0.25) is 5.91 Å². The highest BCUT2D eigenvalue weighted by Gasteiger charge is 2.14. The molecule has 0 aliphatic rings. The number of ether oxygens (including phenoxy) is 1. The fourth-order valence-electron chi connectivity index (χ4n) is 3.18. The summed E-state index contributed by atoms with van der Waals surface area (Å²) in [5.74, 6) is 0.334. The highest BCUT2D eigenvalue weighted by atomic mass is 16.5. The summed E-state index contributed by atoms with van der Waals surface area (Å²) in [6.07, 6.45) is 2.18. The van der Waals surface area contributed by atoms with Gasteiger partial charge in [-0.15, -0.1) is 0 Å². The summed E-state index contributed by atoms with van der Waals surface area (Å²) in [6, 6.07) is 14.6. The van der Waals surface area contributed by atoms with Crippen molar-refractivity contribution in [1.82, 2.24) is 5.32 Å². The van der Waals surface area contributed by atoms with E-state index >= 15 is 0 Å². The van der Waals surface area contributed by atoms with E-state index in [9.17, 15) is 9.59 Å². The predicted octanol–water partition coefficient (Wildman–Crippen LogP) is 4.34. The normalized spacial score (nSPS) is 10.9. The maximum atomic E-state index is 12.3. The minimum atomic E-state index is -0.299. The Balaban J connectivity index is 1.39. The van der Waals surface area contributed by atoms with Crippen LogP contribution < -0.4 is 15.4 Å². The van der Waals surface area contributed by atoms with Crippen LogP contribution >= 0.6 is 0 Å². The number of rotatable bonds is 7. The van der Waals surface area contributed by atoms with E-state index in [1.54, 1.807) is 25.3 Å². The summed E-state index contributed by atoms with van der Waals surface area (Å²) in [4.78, 5) is 24.1. The largest absolute Gasteiger partial charge is 0.495 e. The minimum absolute atomic E-state index is 0.175. The monoisotopic (exact) mass is 392 g/mol. The zero-order valence-corrected chi connectivity index (χ0v) is 15.9. The third-order valence-corrected chi connectivity index (χ3v) is 4.58. The molecule has 2 aromatic heterocycles. The second-order valence-electron chi connectivity index (χ2n) is 6.53. The van der Waals surface area contributed by atoms with Crippen LogP contribution in [0.3, 0.4) is 0 Å². The lowest BCUT2D eigenvalue weighted by molar-refractivity contribution is -0.116. The molecule has 0 aliphatic heterocycles. The van der Waals surface area contributed by atoms with Gasteiger partial charge in [0.25, 0.3) is 5.91 Å². The molecule has 29 heavy (non-hydrogen) atoms. The van der Waals surface area contributed by atoms with Gasteiger partial charge in [0.05, 0.1) is 19.1 Å². The minimum Gasteiger partial charge on any atom is -0.495 e. The molecule has 0 atom stereocenters. The maximum absolute atomic E-state index is 12.3. The van der Waals surface area contributed by atoms with Gasteiger partial charge in [0.1, 0.15) is 16.9 Å². The number of carbonyl (C=O) groups is 2. The Morgan fingerprint density at radius 2 is 1.90 bits per heavy atom. The molecule has 148 valence electrons. The molecule has 0 unspecified atom stereocenters. The Kier molecular flexibility index (Phi) is 5.20. The fourth-order valence-corrected chi connectivity index (χ4v) is 3.18. The topological polar surface area (TPSA) is 93.7 Å². The Hall–Kier alpha value is -3.74. The van der Waals surface area contributed by atoms with Crippen LogP contribution in [0.2, 0.25) is 0 Å². The van der Waals surface area contributed by atoms with Crippen molar-refractivity contribution >= 4 is 39.4 Å². The van der Waals surface area contributed by atoms with Gasteiger partial charge in [0, 0.05) is 29.8 Å². The summed E-state index contributed by atoms with van der Waals surface area (Å²) < 4.78 is 16.3. The average molecular weight is 392 g/mol. The molecule has 2 aromatic carbocycles. The molecule has 0 saturated carbocycles. The van der Waals surface area contributed by atoms with Crippen molar-refractivity contribution in [3.8, 4) is 5.75 Å². The van der Waals surface area contributed by atoms with Gasteiger partial charge in [0.15, 0.2) is 5.76 Å². The van der Waals surface area contributed by atoms with E-state index in [1.165, 1.54) is 6.26 Å². The molecule has 0 spiro atoms. The molecule has 2 heterocycles. The standard InChI is InChI=1S/C22H20N2O5/c1-27-20-12-15-14-6-2-3-7-17(14)29-19(15)13-16(20)24-21(25)9-4-10-23-22(26)18-8-5-11-28-18/h2-3,5-8,11-13H,4,9-10H2,1H3,(H,23,26)(H,24,25). The Bertz CT molecular complexity index is 1160. The zero-order valence-electron chi connectivity index (χ0n) is 15.9. The van der Waals surface area contributed by atoms with E-state index in [0.717, 1.165) is 16.4 Å². The number of nitrogens with one attached hydrogen (secondary N) is 2. The number of hydrogen-bond acceptors (Lipinski definition) is 5. The first-order chi connectivity index (χ1) is 14.2. The highest BCUT2D eigenvalue weighted by Crippen LogP contribution is 2.36. The summed E-state index contributed by atoms with van der Waals surface area (Å²) in [5.41, 5.74) is 2.00. The molecule has 4 aromatic rings. The van der Waals surface area contributed by atoms with Crippen LogP contribution in [0.15, 0.2) is 63.6 Å². The quantitative estimate of drug-likeness (QED) is 0.457. The summed E-state index contributed by atoms with van der Waals surface area (Å²) in [5, 5.41) is 7.49. The Morgan fingerprint density at radius 3 is 2.69 bits per heavy atom. The number of anilines is 1. The number of benzene rings is 2. The number of hydrogen-bond donors (Lipinski definition) is 2. The summed E-state index contributed by atoms with van der Waals surface area (Å²) in [6.45, 7) is 0.368. The van der Waals surface area contributed by atoms with E-state index in [2.05, 4.69) is 10.6 Å². The van der Waals surface area contributed by atoms with Gasteiger partial charge in [-0.2, -0.15) is 0 Å². The number of methoxy groups -OCH3 is 1. The van der Waals surface area contributed by atoms with Crippen LogP contribution in [0.1, 0.15) is 23.4 Å². The number of amides is 2. The van der Waals surface area contributed by atoms with E-state index in [4.69, 9.17) is 13.6 Å². The second-order valence-corrected chi connectivity index (χ2v) is 6.53. The fraction of sp³-hybridized carbons (Fsp3) is 0.182. The number of fused-ring (bicyclic) bond motifs is 3. The van der Waals surface area contributed by atoms with Crippen LogP contribution in [0.25, 0.3) is 21.9 Å². The van der Waals surface area contributed by atoms with Crippen molar-refractivity contribution in [2.24, 2.45) is 0 Å². The van der Waals surface area contributed by atoms with Crippen molar-refractivity contribution < 1.29 is 23.2 Å². The van der Waals surface area contributed by atoms with E-state index in [0.29, 0.717) is 30.0 Å². The van der Waals surface area contributed by atoms with Gasteiger partial charge in [-0.1, -0.05) is 18.2 Å². The van der Waals surface area contributed by atoms with Crippen molar-refractivity contribution in [2.75, 3.05) is 19.0 Å². The number of furan rings is 2. The third kappa shape index (κ3) is 3.94. The van der Waals surface area contributed by atoms with E-state index in [1.807, 2.05) is 30.3 Å². The molecule has 0 aliphatic carbocycles. The lowest BCUT2D eigenvalue weighted by Gasteiger charge is -2.10. The van der Waals surface area contributed by atoms with E-state index < -0.39 is 0 Å². The van der Waals surface area contributed by atoms with Crippen LogP contribution in [0.5, 0.6) is 5.75 Å². The SMILES string of the molecule is COc1cc2c(cc1NC(=O)CCCNC(=O)c1ccco1)oc1ccccc12. The highest BCUT2D eigenvalue weighted by molar-refractivity contribution is 6.07. The van der Waals surface area contributed by atoms with Crippen molar-refractivity contribution in [3.05, 3.63) is 60.6 Å². The summed E-state index contributed by atoms with van der Waals surface area (Å²) >= 11 is 0. The molecular formula is C22H20N2O5. The Labute approximate surface area is 166 Å². The van der Waals surface area contributed by atoms with Crippen molar-refractivity contribution in [3.63, 3.8) is 0 Å². The van der Waals surface area contributed by atoms with Crippen LogP contribution in [0.4, 0.5) is 5.69 Å². The lowest BCUT2D eigenvalue weighted by Crippen LogP contribution is -2.25. The van der Waals surface area contributed by atoms with Crippen molar-refractivity contribution in [2.45, 2.75) is 12.8 Å². The first-order valence-electron chi connectivity index (χ1n) is 9.26. The second kappa shape index (κ2) is 8.10. The van der Waals surface area contributed by atoms with Crippen LogP contribution in [0, 0.1) is 0 Å².